The number of aryl methyl sites for hydroxylation is 2. The number of aromatic nitrogens is 2. The second kappa shape index (κ2) is 8.14. The van der Waals surface area contributed by atoms with Gasteiger partial charge in [0, 0.05) is 24.0 Å². The summed E-state index contributed by atoms with van der Waals surface area (Å²) in [4.78, 5) is 26.3. The first-order valence-electron chi connectivity index (χ1n) is 9.94. The Hall–Kier alpha value is -3.80. The standard InChI is InChI=1S/C25H23N2O4/c1-15-13-14-16(2)27(26-15)23(25(29)31-4)22(24(28)30-3)21-19-11-7-5-9-17(19)18-10-6-8-12-20(18)21/h5-14,21H,1-4H3/q+1/b23-22-. The van der Waals surface area contributed by atoms with Gasteiger partial charge in [-0.3, -0.25) is 0 Å². The van der Waals surface area contributed by atoms with Gasteiger partial charge in [-0.15, -0.1) is 0 Å². The zero-order chi connectivity index (χ0) is 22.1. The maximum atomic E-state index is 13.2. The lowest BCUT2D eigenvalue weighted by Gasteiger charge is -2.17. The molecule has 0 spiro atoms. The molecule has 0 N–H and O–H groups in total. The molecule has 0 amide bonds. The molecule has 0 saturated heterocycles. The molecule has 4 rings (SSSR count). The lowest BCUT2D eigenvalue weighted by atomic mass is 9.87. The highest BCUT2D eigenvalue weighted by Gasteiger charge is 2.43. The summed E-state index contributed by atoms with van der Waals surface area (Å²) >= 11 is 0. The fraction of sp³-hybridized carbons (Fsp3) is 0.200. The van der Waals surface area contributed by atoms with Crippen molar-refractivity contribution in [3.05, 3.63) is 88.8 Å². The van der Waals surface area contributed by atoms with Gasteiger partial charge in [-0.05, 0) is 39.9 Å². The van der Waals surface area contributed by atoms with Gasteiger partial charge in [0.2, 0.25) is 5.69 Å². The van der Waals surface area contributed by atoms with Gasteiger partial charge >= 0.3 is 17.6 Å². The topological polar surface area (TPSA) is 69.4 Å². The molecule has 156 valence electrons. The van der Waals surface area contributed by atoms with E-state index in [-0.39, 0.29) is 11.3 Å². The van der Waals surface area contributed by atoms with Crippen LogP contribution in [0.5, 0.6) is 0 Å². The molecule has 0 fully saturated rings. The van der Waals surface area contributed by atoms with Gasteiger partial charge in [0.15, 0.2) is 0 Å². The molecule has 1 aliphatic carbocycles. The highest BCUT2D eigenvalue weighted by molar-refractivity contribution is 6.15. The van der Waals surface area contributed by atoms with Gasteiger partial charge in [0.1, 0.15) is 11.3 Å². The number of esters is 2. The summed E-state index contributed by atoms with van der Waals surface area (Å²) in [7, 11) is 2.60. The molecule has 31 heavy (non-hydrogen) atoms. The number of nitrogens with zero attached hydrogens (tertiary/aromatic N) is 2. The Labute approximate surface area is 180 Å². The first kappa shape index (κ1) is 20.5. The van der Waals surface area contributed by atoms with Crippen molar-refractivity contribution < 1.29 is 23.7 Å². The molecular weight excluding hydrogens is 392 g/mol. The molecule has 0 unspecified atom stereocenters. The highest BCUT2D eigenvalue weighted by atomic mass is 16.5. The van der Waals surface area contributed by atoms with Crippen LogP contribution in [0.25, 0.3) is 16.8 Å². The van der Waals surface area contributed by atoms with E-state index in [1.165, 1.54) is 18.9 Å². The fourth-order valence-electron chi connectivity index (χ4n) is 4.14. The van der Waals surface area contributed by atoms with Crippen LogP contribution < -0.4 is 4.68 Å². The third-order valence-electron chi connectivity index (χ3n) is 5.53. The molecule has 0 bridgehead atoms. The van der Waals surface area contributed by atoms with Crippen molar-refractivity contribution in [2.45, 2.75) is 19.8 Å². The van der Waals surface area contributed by atoms with E-state index >= 15 is 0 Å². The molecule has 0 atom stereocenters. The van der Waals surface area contributed by atoms with E-state index in [1.54, 1.807) is 0 Å². The molecule has 6 heteroatoms. The van der Waals surface area contributed by atoms with Crippen molar-refractivity contribution in [1.29, 1.82) is 0 Å². The molecule has 1 aliphatic rings. The minimum atomic E-state index is -0.659. The van der Waals surface area contributed by atoms with Gasteiger partial charge in [0.25, 0.3) is 0 Å². The third-order valence-corrected chi connectivity index (χ3v) is 5.53. The fourth-order valence-corrected chi connectivity index (χ4v) is 4.14. The van der Waals surface area contributed by atoms with Gasteiger partial charge < -0.3 is 9.47 Å². The Kier molecular flexibility index (Phi) is 5.38. The third kappa shape index (κ3) is 3.40. The number of carbonyl (C=O) groups is 2. The van der Waals surface area contributed by atoms with Crippen LogP contribution in [-0.4, -0.2) is 31.3 Å². The second-order valence-corrected chi connectivity index (χ2v) is 7.38. The number of hydrogen-bond acceptors (Lipinski definition) is 5. The second-order valence-electron chi connectivity index (χ2n) is 7.38. The van der Waals surface area contributed by atoms with Gasteiger partial charge in [-0.1, -0.05) is 48.5 Å². The van der Waals surface area contributed by atoms with Crippen LogP contribution in [0.2, 0.25) is 0 Å². The summed E-state index contributed by atoms with van der Waals surface area (Å²) in [6.07, 6.45) is 0. The Morgan fingerprint density at radius 2 is 1.35 bits per heavy atom. The van der Waals surface area contributed by atoms with Crippen LogP contribution in [0.15, 0.2) is 66.2 Å². The van der Waals surface area contributed by atoms with Crippen molar-refractivity contribution in [1.82, 2.24) is 5.10 Å². The zero-order valence-corrected chi connectivity index (χ0v) is 17.9. The average molecular weight is 415 g/mol. The predicted molar refractivity (Wildman–Crippen MR) is 115 cm³/mol. The Morgan fingerprint density at radius 1 is 0.806 bits per heavy atom. The lowest BCUT2D eigenvalue weighted by molar-refractivity contribution is -0.651. The van der Waals surface area contributed by atoms with E-state index in [9.17, 15) is 9.59 Å². The molecule has 6 nitrogen and oxygen atoms in total. The van der Waals surface area contributed by atoms with Crippen LogP contribution in [0, 0.1) is 13.8 Å². The predicted octanol–water partition coefficient (Wildman–Crippen LogP) is 3.36. The molecule has 1 heterocycles. The van der Waals surface area contributed by atoms with E-state index in [0.717, 1.165) is 22.3 Å². The Bertz CT molecular complexity index is 1180. The number of ether oxygens (including phenoxy) is 2. The van der Waals surface area contributed by atoms with E-state index in [1.807, 2.05) is 74.5 Å². The SMILES string of the molecule is COC(=O)/C(=C(/C(=O)OC)[n+]1nc(C)ccc1C)C1c2ccccc2-c2ccccc21. The number of benzene rings is 2. The number of methoxy groups -OCH3 is 2. The van der Waals surface area contributed by atoms with Crippen LogP contribution in [0.4, 0.5) is 0 Å². The minimum absolute atomic E-state index is 0.0482. The summed E-state index contributed by atoms with van der Waals surface area (Å²) < 4.78 is 11.8. The van der Waals surface area contributed by atoms with Crippen molar-refractivity contribution in [3.63, 3.8) is 0 Å². The quantitative estimate of drug-likeness (QED) is 0.371. The van der Waals surface area contributed by atoms with Gasteiger partial charge in [-0.2, -0.15) is 0 Å². The minimum Gasteiger partial charge on any atom is -0.465 e. The summed E-state index contributed by atoms with van der Waals surface area (Å²) in [6, 6.07) is 19.4. The summed E-state index contributed by atoms with van der Waals surface area (Å²) in [6.45, 7) is 3.64. The summed E-state index contributed by atoms with van der Waals surface area (Å²) in [5.74, 6) is -1.76. The van der Waals surface area contributed by atoms with Crippen LogP contribution in [0.3, 0.4) is 0 Å². The van der Waals surface area contributed by atoms with Crippen molar-refractivity contribution in [3.8, 4) is 11.1 Å². The summed E-state index contributed by atoms with van der Waals surface area (Å²) in [5, 5.41) is 4.51. The van der Waals surface area contributed by atoms with Crippen molar-refractivity contribution in [2.75, 3.05) is 14.2 Å². The molecule has 1 aromatic heterocycles. The molecule has 0 radical (unpaired) electrons. The number of carbonyl (C=O) groups excluding carboxylic acids is 2. The largest absolute Gasteiger partial charge is 0.465 e. The van der Waals surface area contributed by atoms with Crippen molar-refractivity contribution in [2.24, 2.45) is 0 Å². The van der Waals surface area contributed by atoms with E-state index < -0.39 is 17.9 Å². The van der Waals surface area contributed by atoms with E-state index in [2.05, 4.69) is 5.10 Å². The van der Waals surface area contributed by atoms with E-state index in [0.29, 0.717) is 11.4 Å². The van der Waals surface area contributed by atoms with Crippen molar-refractivity contribution >= 4 is 17.6 Å². The molecule has 3 aromatic rings. The summed E-state index contributed by atoms with van der Waals surface area (Å²) in [5.41, 5.74) is 5.52. The first-order chi connectivity index (χ1) is 15.0. The van der Waals surface area contributed by atoms with Crippen LogP contribution in [0.1, 0.15) is 28.4 Å². The molecule has 0 aliphatic heterocycles. The maximum absolute atomic E-state index is 13.2. The van der Waals surface area contributed by atoms with E-state index in [4.69, 9.17) is 9.47 Å². The monoisotopic (exact) mass is 415 g/mol. The smallest absolute Gasteiger partial charge is 0.407 e. The number of hydrogen-bond donors (Lipinski definition) is 0. The number of rotatable bonds is 4. The van der Waals surface area contributed by atoms with Gasteiger partial charge in [0.05, 0.1) is 14.2 Å². The van der Waals surface area contributed by atoms with Gasteiger partial charge in [-0.25, -0.2) is 9.59 Å². The maximum Gasteiger partial charge on any atom is 0.407 e. The Balaban J connectivity index is 2.12. The normalized spacial score (nSPS) is 13.2. The number of fused-ring (bicyclic) bond motifs is 3. The molecular formula is C25H23N2O4+. The first-order valence-corrected chi connectivity index (χ1v) is 9.94. The Morgan fingerprint density at radius 3 is 1.90 bits per heavy atom. The zero-order valence-electron chi connectivity index (χ0n) is 17.9. The average Bonchev–Trinajstić information content (AvgIpc) is 3.12. The molecule has 0 saturated carbocycles. The van der Waals surface area contributed by atoms with Crippen LogP contribution in [-0.2, 0) is 19.1 Å². The highest BCUT2D eigenvalue weighted by Crippen LogP contribution is 2.48. The van der Waals surface area contributed by atoms with Crippen LogP contribution >= 0.6 is 0 Å². The lowest BCUT2D eigenvalue weighted by Crippen LogP contribution is -2.46. The molecule has 2 aromatic carbocycles.